The Morgan fingerprint density at radius 2 is 1.83 bits per heavy atom. The summed E-state index contributed by atoms with van der Waals surface area (Å²) < 4.78 is 39.6. The van der Waals surface area contributed by atoms with Crippen LogP contribution in [-0.4, -0.2) is 49.7 Å². The van der Waals surface area contributed by atoms with Crippen LogP contribution >= 0.6 is 11.3 Å². The van der Waals surface area contributed by atoms with Gasteiger partial charge in [-0.1, -0.05) is 12.1 Å². The first kappa shape index (κ1) is 16.1. The zero-order chi connectivity index (χ0) is 16.4. The molecule has 1 fully saturated rings. The first-order valence-electron chi connectivity index (χ1n) is 7.07. The molecule has 2 heterocycles. The minimum atomic E-state index is -3.73. The Bertz CT molecular complexity index is 798. The van der Waals surface area contributed by atoms with Crippen LogP contribution < -0.4 is 0 Å². The molecule has 122 valence electrons. The van der Waals surface area contributed by atoms with Gasteiger partial charge < -0.3 is 4.90 Å². The first-order valence-corrected chi connectivity index (χ1v) is 9.39. The average Bonchev–Trinajstić information content (AvgIpc) is 3.09. The summed E-state index contributed by atoms with van der Waals surface area (Å²) in [5.41, 5.74) is 0. The summed E-state index contributed by atoms with van der Waals surface area (Å²) in [5.74, 6) is -0.666. The van der Waals surface area contributed by atoms with E-state index in [1.165, 1.54) is 33.8 Å². The molecule has 0 unspecified atom stereocenters. The number of hydrogen-bond donors (Lipinski definition) is 0. The number of sulfonamides is 1. The second-order valence-corrected chi connectivity index (χ2v) is 8.02. The standard InChI is InChI=1S/C15H15FN2O3S2/c16-12-3-1-4-13(11-12)23(20,21)18-8-6-17(7-9-18)15(19)14-5-2-10-22-14/h1-5,10-11H,6-9H2. The molecule has 1 saturated heterocycles. The number of amides is 1. The van der Waals surface area contributed by atoms with Crippen molar-refractivity contribution in [2.24, 2.45) is 0 Å². The fourth-order valence-electron chi connectivity index (χ4n) is 2.46. The van der Waals surface area contributed by atoms with E-state index in [-0.39, 0.29) is 23.9 Å². The molecule has 1 aromatic carbocycles. The predicted molar refractivity (Wildman–Crippen MR) is 85.4 cm³/mol. The summed E-state index contributed by atoms with van der Waals surface area (Å²) in [7, 11) is -3.73. The average molecular weight is 354 g/mol. The van der Waals surface area contributed by atoms with Crippen molar-refractivity contribution in [3.8, 4) is 0 Å². The highest BCUT2D eigenvalue weighted by molar-refractivity contribution is 7.89. The predicted octanol–water partition coefficient (Wildman–Crippen LogP) is 2.03. The Kier molecular flexibility index (Phi) is 4.47. The molecule has 3 rings (SSSR count). The van der Waals surface area contributed by atoms with Crippen molar-refractivity contribution in [3.63, 3.8) is 0 Å². The summed E-state index contributed by atoms with van der Waals surface area (Å²) in [6.07, 6.45) is 0. The minimum absolute atomic E-state index is 0.0597. The van der Waals surface area contributed by atoms with Crippen molar-refractivity contribution in [3.05, 3.63) is 52.5 Å². The van der Waals surface area contributed by atoms with Crippen molar-refractivity contribution < 1.29 is 17.6 Å². The van der Waals surface area contributed by atoms with Gasteiger partial charge in [-0.2, -0.15) is 4.31 Å². The molecule has 0 atom stereocenters. The van der Waals surface area contributed by atoms with Crippen molar-refractivity contribution in [1.82, 2.24) is 9.21 Å². The van der Waals surface area contributed by atoms with E-state index < -0.39 is 15.8 Å². The highest BCUT2D eigenvalue weighted by atomic mass is 32.2. The number of hydrogen-bond acceptors (Lipinski definition) is 4. The number of halogens is 1. The maximum absolute atomic E-state index is 13.3. The fourth-order valence-corrected chi connectivity index (χ4v) is 4.61. The molecule has 1 aliphatic heterocycles. The van der Waals surface area contributed by atoms with Crippen molar-refractivity contribution in [1.29, 1.82) is 0 Å². The fraction of sp³-hybridized carbons (Fsp3) is 0.267. The molecule has 1 aliphatic rings. The molecule has 0 radical (unpaired) electrons. The zero-order valence-corrected chi connectivity index (χ0v) is 13.8. The monoisotopic (exact) mass is 354 g/mol. The van der Waals surface area contributed by atoms with Crippen LogP contribution in [0, 0.1) is 5.82 Å². The van der Waals surface area contributed by atoms with Crippen LogP contribution in [-0.2, 0) is 10.0 Å². The molecule has 0 N–H and O–H groups in total. The summed E-state index contributed by atoms with van der Waals surface area (Å²) in [6.45, 7) is 1.06. The van der Waals surface area contributed by atoms with Crippen LogP contribution in [0.15, 0.2) is 46.7 Å². The smallest absolute Gasteiger partial charge is 0.264 e. The molecule has 8 heteroatoms. The minimum Gasteiger partial charge on any atom is -0.335 e. The highest BCUT2D eigenvalue weighted by Gasteiger charge is 2.30. The van der Waals surface area contributed by atoms with Crippen LogP contribution in [0.25, 0.3) is 0 Å². The lowest BCUT2D eigenvalue weighted by Crippen LogP contribution is -2.50. The Morgan fingerprint density at radius 3 is 2.43 bits per heavy atom. The van der Waals surface area contributed by atoms with Gasteiger partial charge in [0.2, 0.25) is 10.0 Å². The first-order chi connectivity index (χ1) is 11.0. The SMILES string of the molecule is O=C(c1cccs1)N1CCN(S(=O)(=O)c2cccc(F)c2)CC1. The Balaban J connectivity index is 1.70. The molecule has 0 bridgehead atoms. The zero-order valence-electron chi connectivity index (χ0n) is 12.2. The molecule has 2 aromatic rings. The molecule has 0 spiro atoms. The quantitative estimate of drug-likeness (QED) is 0.847. The van der Waals surface area contributed by atoms with E-state index in [9.17, 15) is 17.6 Å². The molecule has 0 aliphatic carbocycles. The number of nitrogens with zero attached hydrogens (tertiary/aromatic N) is 2. The van der Waals surface area contributed by atoms with Gasteiger partial charge in [0.15, 0.2) is 0 Å². The summed E-state index contributed by atoms with van der Waals surface area (Å²) in [6, 6.07) is 8.53. The number of rotatable bonds is 3. The second kappa shape index (κ2) is 6.38. The lowest BCUT2D eigenvalue weighted by molar-refractivity contribution is 0.0703. The normalized spacial score (nSPS) is 16.5. The Labute approximate surface area is 138 Å². The third-order valence-corrected chi connectivity index (χ3v) is 6.44. The van der Waals surface area contributed by atoms with Gasteiger partial charge >= 0.3 is 0 Å². The number of piperazine rings is 1. The molecule has 1 amide bonds. The van der Waals surface area contributed by atoms with Gasteiger partial charge in [-0.25, -0.2) is 12.8 Å². The number of carbonyl (C=O) groups is 1. The number of benzene rings is 1. The van der Waals surface area contributed by atoms with Gasteiger partial charge in [0.05, 0.1) is 9.77 Å². The summed E-state index contributed by atoms with van der Waals surface area (Å²) >= 11 is 1.36. The van der Waals surface area contributed by atoms with Gasteiger partial charge in [-0.05, 0) is 29.6 Å². The maximum atomic E-state index is 13.3. The topological polar surface area (TPSA) is 57.7 Å². The van der Waals surface area contributed by atoms with Crippen LogP contribution in [0.3, 0.4) is 0 Å². The van der Waals surface area contributed by atoms with E-state index in [1.807, 2.05) is 11.4 Å². The third kappa shape index (κ3) is 3.29. The molecular weight excluding hydrogens is 339 g/mol. The van der Waals surface area contributed by atoms with E-state index in [4.69, 9.17) is 0 Å². The van der Waals surface area contributed by atoms with Gasteiger partial charge in [-0.3, -0.25) is 4.79 Å². The molecule has 1 aromatic heterocycles. The lowest BCUT2D eigenvalue weighted by atomic mass is 10.3. The van der Waals surface area contributed by atoms with Crippen LogP contribution in [0.2, 0.25) is 0 Å². The maximum Gasteiger partial charge on any atom is 0.264 e. The molecule has 5 nitrogen and oxygen atoms in total. The van der Waals surface area contributed by atoms with E-state index in [0.29, 0.717) is 18.0 Å². The van der Waals surface area contributed by atoms with Gasteiger partial charge in [0.25, 0.3) is 5.91 Å². The van der Waals surface area contributed by atoms with Crippen LogP contribution in [0.5, 0.6) is 0 Å². The van der Waals surface area contributed by atoms with Gasteiger partial charge in [-0.15, -0.1) is 11.3 Å². The second-order valence-electron chi connectivity index (χ2n) is 5.13. The van der Waals surface area contributed by atoms with Crippen LogP contribution in [0.4, 0.5) is 4.39 Å². The summed E-state index contributed by atoms with van der Waals surface area (Å²) in [5, 5.41) is 1.83. The van der Waals surface area contributed by atoms with Crippen molar-refractivity contribution in [2.45, 2.75) is 4.90 Å². The lowest BCUT2D eigenvalue weighted by Gasteiger charge is -2.33. The van der Waals surface area contributed by atoms with Crippen molar-refractivity contribution >= 4 is 27.3 Å². The Hall–Kier alpha value is -1.77. The molecular formula is C15H15FN2O3S2. The van der Waals surface area contributed by atoms with Crippen LogP contribution in [0.1, 0.15) is 9.67 Å². The van der Waals surface area contributed by atoms with Gasteiger partial charge in [0, 0.05) is 26.2 Å². The number of thiophene rings is 1. The van der Waals surface area contributed by atoms with E-state index in [0.717, 1.165) is 6.07 Å². The van der Waals surface area contributed by atoms with Gasteiger partial charge in [0.1, 0.15) is 5.82 Å². The largest absolute Gasteiger partial charge is 0.335 e. The molecule has 0 saturated carbocycles. The van der Waals surface area contributed by atoms with Crippen molar-refractivity contribution in [2.75, 3.05) is 26.2 Å². The van der Waals surface area contributed by atoms with E-state index in [1.54, 1.807) is 11.0 Å². The molecule has 23 heavy (non-hydrogen) atoms. The Morgan fingerprint density at radius 1 is 1.09 bits per heavy atom. The van der Waals surface area contributed by atoms with E-state index >= 15 is 0 Å². The number of carbonyl (C=O) groups excluding carboxylic acids is 1. The summed E-state index contributed by atoms with van der Waals surface area (Å²) in [4.78, 5) is 14.5. The third-order valence-electron chi connectivity index (χ3n) is 3.69. The highest BCUT2D eigenvalue weighted by Crippen LogP contribution is 2.20. The van der Waals surface area contributed by atoms with E-state index in [2.05, 4.69) is 0 Å².